The molecule has 2 aromatic rings. The van der Waals surface area contributed by atoms with Crippen LogP contribution in [0.2, 0.25) is 0 Å². The van der Waals surface area contributed by atoms with Gasteiger partial charge in [0.1, 0.15) is 5.75 Å². The SMILES string of the molecule is C/C=C\C(c1ccc(O)c2ccccc12)C(C)C. The van der Waals surface area contributed by atoms with Crippen LogP contribution in [0.1, 0.15) is 32.3 Å². The van der Waals surface area contributed by atoms with Crippen molar-refractivity contribution in [2.24, 2.45) is 5.92 Å². The van der Waals surface area contributed by atoms with E-state index in [-0.39, 0.29) is 0 Å². The van der Waals surface area contributed by atoms with Crippen molar-refractivity contribution < 1.29 is 5.11 Å². The van der Waals surface area contributed by atoms with Gasteiger partial charge in [-0.25, -0.2) is 0 Å². The molecular formula is C17H20O. The number of hydrogen-bond acceptors (Lipinski definition) is 1. The Bertz CT molecular complexity index is 567. The summed E-state index contributed by atoms with van der Waals surface area (Å²) in [5.74, 6) is 1.28. The predicted octanol–water partition coefficient (Wildman–Crippen LogP) is 4.86. The number of allylic oxidation sites excluding steroid dienone is 2. The topological polar surface area (TPSA) is 20.2 Å². The summed E-state index contributed by atoms with van der Waals surface area (Å²) in [6.45, 7) is 6.51. The van der Waals surface area contributed by atoms with Crippen LogP contribution in [0.4, 0.5) is 0 Å². The Kier molecular flexibility index (Phi) is 3.71. The fraction of sp³-hybridized carbons (Fsp3) is 0.294. The van der Waals surface area contributed by atoms with Gasteiger partial charge in [0.2, 0.25) is 0 Å². The minimum Gasteiger partial charge on any atom is -0.507 e. The first kappa shape index (κ1) is 12.7. The van der Waals surface area contributed by atoms with Gasteiger partial charge < -0.3 is 5.11 Å². The zero-order chi connectivity index (χ0) is 13.1. The van der Waals surface area contributed by atoms with Crippen LogP contribution in [0.3, 0.4) is 0 Å². The summed E-state index contributed by atoms with van der Waals surface area (Å²) in [6, 6.07) is 11.9. The predicted molar refractivity (Wildman–Crippen MR) is 78.0 cm³/mol. The number of phenols is 1. The third-order valence-electron chi connectivity index (χ3n) is 3.41. The normalized spacial score (nSPS) is 13.6. The number of aromatic hydroxyl groups is 1. The molecule has 0 amide bonds. The van der Waals surface area contributed by atoms with Crippen LogP contribution in [0.15, 0.2) is 48.6 Å². The van der Waals surface area contributed by atoms with E-state index in [1.807, 2.05) is 24.3 Å². The standard InChI is InChI=1S/C17H20O/c1-4-7-13(12(2)3)15-10-11-17(18)16-9-6-5-8-14(15)16/h4-13,18H,1-3H3/b7-4-. The molecule has 1 heteroatoms. The van der Waals surface area contributed by atoms with E-state index in [0.29, 0.717) is 17.6 Å². The van der Waals surface area contributed by atoms with Gasteiger partial charge in [0.05, 0.1) is 0 Å². The van der Waals surface area contributed by atoms with E-state index in [0.717, 1.165) is 10.8 Å². The second-order valence-corrected chi connectivity index (χ2v) is 5.02. The number of fused-ring (bicyclic) bond motifs is 1. The van der Waals surface area contributed by atoms with Gasteiger partial charge in [-0.1, -0.05) is 56.3 Å². The fourth-order valence-corrected chi connectivity index (χ4v) is 2.49. The van der Waals surface area contributed by atoms with Gasteiger partial charge in [-0.05, 0) is 29.9 Å². The molecule has 18 heavy (non-hydrogen) atoms. The Morgan fingerprint density at radius 1 is 1.00 bits per heavy atom. The monoisotopic (exact) mass is 240 g/mol. The Labute approximate surface area is 109 Å². The molecule has 1 nitrogen and oxygen atoms in total. The summed E-state index contributed by atoms with van der Waals surface area (Å²) in [4.78, 5) is 0. The van der Waals surface area contributed by atoms with Crippen LogP contribution in [0, 0.1) is 5.92 Å². The number of rotatable bonds is 3. The van der Waals surface area contributed by atoms with Gasteiger partial charge in [-0.3, -0.25) is 0 Å². The van der Waals surface area contributed by atoms with E-state index < -0.39 is 0 Å². The molecule has 1 atom stereocenters. The molecule has 0 heterocycles. The van der Waals surface area contributed by atoms with Crippen molar-refractivity contribution in [1.82, 2.24) is 0 Å². The van der Waals surface area contributed by atoms with Crippen molar-refractivity contribution in [3.05, 3.63) is 54.1 Å². The Hall–Kier alpha value is -1.76. The third kappa shape index (κ3) is 2.26. The highest BCUT2D eigenvalue weighted by molar-refractivity contribution is 5.91. The van der Waals surface area contributed by atoms with E-state index in [9.17, 15) is 5.11 Å². The molecular weight excluding hydrogens is 220 g/mol. The lowest BCUT2D eigenvalue weighted by Gasteiger charge is -2.20. The highest BCUT2D eigenvalue weighted by Crippen LogP contribution is 2.35. The molecule has 0 spiro atoms. The van der Waals surface area contributed by atoms with Crippen molar-refractivity contribution in [2.75, 3.05) is 0 Å². The highest BCUT2D eigenvalue weighted by Gasteiger charge is 2.16. The Morgan fingerprint density at radius 2 is 1.67 bits per heavy atom. The van der Waals surface area contributed by atoms with E-state index in [2.05, 4.69) is 39.0 Å². The van der Waals surface area contributed by atoms with Gasteiger partial charge in [0.15, 0.2) is 0 Å². The molecule has 0 aliphatic heterocycles. The molecule has 2 aromatic carbocycles. The van der Waals surface area contributed by atoms with E-state index in [4.69, 9.17) is 0 Å². The van der Waals surface area contributed by atoms with Crippen molar-refractivity contribution >= 4 is 10.8 Å². The number of benzene rings is 2. The number of phenolic OH excluding ortho intramolecular Hbond substituents is 1. The largest absolute Gasteiger partial charge is 0.507 e. The molecule has 0 aliphatic carbocycles. The molecule has 1 N–H and O–H groups in total. The lowest BCUT2D eigenvalue weighted by Crippen LogP contribution is -2.04. The quantitative estimate of drug-likeness (QED) is 0.759. The summed E-state index contributed by atoms with van der Waals surface area (Å²) in [5, 5.41) is 12.0. The summed E-state index contributed by atoms with van der Waals surface area (Å²) in [6.07, 6.45) is 4.34. The van der Waals surface area contributed by atoms with Crippen molar-refractivity contribution in [3.8, 4) is 5.75 Å². The maximum absolute atomic E-state index is 9.93. The summed E-state index contributed by atoms with van der Waals surface area (Å²) in [5.41, 5.74) is 1.29. The van der Waals surface area contributed by atoms with Gasteiger partial charge in [0, 0.05) is 11.3 Å². The molecule has 0 radical (unpaired) electrons. The van der Waals surface area contributed by atoms with Gasteiger partial charge in [-0.15, -0.1) is 0 Å². The maximum Gasteiger partial charge on any atom is 0.123 e. The second-order valence-electron chi connectivity index (χ2n) is 5.02. The smallest absolute Gasteiger partial charge is 0.123 e. The van der Waals surface area contributed by atoms with Crippen LogP contribution in [0.5, 0.6) is 5.75 Å². The molecule has 0 aliphatic rings. The Morgan fingerprint density at radius 3 is 2.28 bits per heavy atom. The van der Waals surface area contributed by atoms with Crippen LogP contribution >= 0.6 is 0 Å². The summed E-state index contributed by atoms with van der Waals surface area (Å²) >= 11 is 0. The van der Waals surface area contributed by atoms with Crippen LogP contribution in [-0.4, -0.2) is 5.11 Å². The molecule has 0 fully saturated rings. The molecule has 94 valence electrons. The molecule has 0 bridgehead atoms. The van der Waals surface area contributed by atoms with Crippen molar-refractivity contribution in [3.63, 3.8) is 0 Å². The fourth-order valence-electron chi connectivity index (χ4n) is 2.49. The number of hydrogen-bond donors (Lipinski definition) is 1. The second kappa shape index (κ2) is 5.26. The van der Waals surface area contributed by atoms with Crippen molar-refractivity contribution in [2.45, 2.75) is 26.7 Å². The molecule has 0 aromatic heterocycles. The molecule has 0 saturated heterocycles. The summed E-state index contributed by atoms with van der Waals surface area (Å²) < 4.78 is 0. The lowest BCUT2D eigenvalue weighted by atomic mass is 9.85. The lowest BCUT2D eigenvalue weighted by molar-refractivity contribution is 0.481. The third-order valence-corrected chi connectivity index (χ3v) is 3.41. The minimum atomic E-state index is 0.359. The zero-order valence-electron chi connectivity index (χ0n) is 11.2. The molecule has 0 saturated carbocycles. The van der Waals surface area contributed by atoms with Crippen LogP contribution in [0.25, 0.3) is 10.8 Å². The van der Waals surface area contributed by atoms with Crippen LogP contribution in [-0.2, 0) is 0 Å². The van der Waals surface area contributed by atoms with E-state index in [1.54, 1.807) is 6.07 Å². The first-order valence-corrected chi connectivity index (χ1v) is 6.48. The average Bonchev–Trinajstić information content (AvgIpc) is 2.37. The van der Waals surface area contributed by atoms with Crippen LogP contribution < -0.4 is 0 Å². The average molecular weight is 240 g/mol. The van der Waals surface area contributed by atoms with E-state index in [1.165, 1.54) is 5.56 Å². The first-order valence-electron chi connectivity index (χ1n) is 6.48. The highest BCUT2D eigenvalue weighted by atomic mass is 16.3. The van der Waals surface area contributed by atoms with Gasteiger partial charge >= 0.3 is 0 Å². The molecule has 1 unspecified atom stereocenters. The van der Waals surface area contributed by atoms with Crippen molar-refractivity contribution in [1.29, 1.82) is 0 Å². The zero-order valence-corrected chi connectivity index (χ0v) is 11.2. The van der Waals surface area contributed by atoms with E-state index >= 15 is 0 Å². The van der Waals surface area contributed by atoms with Gasteiger partial charge in [-0.2, -0.15) is 0 Å². The summed E-state index contributed by atoms with van der Waals surface area (Å²) in [7, 11) is 0. The van der Waals surface area contributed by atoms with Gasteiger partial charge in [0.25, 0.3) is 0 Å². The first-order chi connectivity index (χ1) is 8.65. The maximum atomic E-state index is 9.93. The Balaban J connectivity index is 2.67. The molecule has 2 rings (SSSR count). The minimum absolute atomic E-state index is 0.359.